The van der Waals surface area contributed by atoms with Crippen LogP contribution in [0.1, 0.15) is 32.6 Å². The van der Waals surface area contributed by atoms with Crippen LogP contribution in [-0.4, -0.2) is 23.1 Å². The van der Waals surface area contributed by atoms with E-state index in [1.807, 2.05) is 0 Å². The lowest BCUT2D eigenvalue weighted by Crippen LogP contribution is -2.40. The van der Waals surface area contributed by atoms with Crippen LogP contribution in [0.2, 0.25) is 0 Å². The van der Waals surface area contributed by atoms with Gasteiger partial charge in [0.25, 0.3) is 6.43 Å². The number of ether oxygens (including phenoxy) is 1. The normalized spacial score (nSPS) is 33.6. The highest BCUT2D eigenvalue weighted by atomic mass is 127. The van der Waals surface area contributed by atoms with Crippen LogP contribution in [0.15, 0.2) is 0 Å². The van der Waals surface area contributed by atoms with Gasteiger partial charge in [0.1, 0.15) is 6.61 Å². The lowest BCUT2D eigenvalue weighted by molar-refractivity contribution is -0.0993. The van der Waals surface area contributed by atoms with Gasteiger partial charge in [-0.3, -0.25) is 0 Å². The number of alkyl halides is 3. The third-order valence-corrected chi connectivity index (χ3v) is 4.20. The molecule has 84 valence electrons. The van der Waals surface area contributed by atoms with Crippen molar-refractivity contribution in [2.45, 2.75) is 44.6 Å². The third-order valence-electron chi connectivity index (χ3n) is 2.81. The zero-order valence-electron chi connectivity index (χ0n) is 8.44. The van der Waals surface area contributed by atoms with Crippen molar-refractivity contribution < 1.29 is 13.5 Å². The van der Waals surface area contributed by atoms with Crippen LogP contribution < -0.4 is 0 Å². The first kappa shape index (κ1) is 12.6. The van der Waals surface area contributed by atoms with Crippen molar-refractivity contribution in [2.24, 2.45) is 5.92 Å². The van der Waals surface area contributed by atoms with E-state index < -0.39 is 13.0 Å². The molecule has 0 radical (unpaired) electrons. The van der Waals surface area contributed by atoms with Gasteiger partial charge < -0.3 is 4.74 Å². The Morgan fingerprint density at radius 2 is 2.29 bits per heavy atom. The van der Waals surface area contributed by atoms with Gasteiger partial charge in [-0.25, -0.2) is 8.78 Å². The van der Waals surface area contributed by atoms with Crippen LogP contribution >= 0.6 is 22.6 Å². The van der Waals surface area contributed by atoms with Gasteiger partial charge in [0.2, 0.25) is 0 Å². The second-order valence-corrected chi connectivity index (χ2v) is 4.98. The lowest BCUT2D eigenvalue weighted by atomic mass is 9.80. The summed E-state index contributed by atoms with van der Waals surface area (Å²) < 4.78 is 30.3. The van der Waals surface area contributed by atoms with E-state index in [1.54, 1.807) is 0 Å². The smallest absolute Gasteiger partial charge is 0.261 e. The summed E-state index contributed by atoms with van der Waals surface area (Å²) in [6.45, 7) is 1.77. The summed E-state index contributed by atoms with van der Waals surface area (Å²) in [5.41, 5.74) is -0.269. The quantitative estimate of drug-likeness (QED) is 0.568. The van der Waals surface area contributed by atoms with E-state index >= 15 is 0 Å². The molecule has 14 heavy (non-hydrogen) atoms. The van der Waals surface area contributed by atoms with Gasteiger partial charge in [-0.2, -0.15) is 0 Å². The number of hydrogen-bond donors (Lipinski definition) is 0. The molecule has 0 aromatic carbocycles. The zero-order valence-corrected chi connectivity index (χ0v) is 10.6. The monoisotopic (exact) mass is 318 g/mol. The lowest BCUT2D eigenvalue weighted by Gasteiger charge is -2.38. The van der Waals surface area contributed by atoms with E-state index in [9.17, 15) is 8.78 Å². The second kappa shape index (κ2) is 5.58. The van der Waals surface area contributed by atoms with Crippen LogP contribution in [0.4, 0.5) is 8.78 Å². The Bertz CT molecular complexity index is 178. The SMILES string of the molecule is CC1CCCC(CI)(OCC(F)F)C1. The fourth-order valence-electron chi connectivity index (χ4n) is 2.14. The topological polar surface area (TPSA) is 9.23 Å². The van der Waals surface area contributed by atoms with Crippen LogP contribution in [0.5, 0.6) is 0 Å². The van der Waals surface area contributed by atoms with Gasteiger partial charge in [-0.15, -0.1) is 0 Å². The van der Waals surface area contributed by atoms with Crippen LogP contribution in [0.25, 0.3) is 0 Å². The fraction of sp³-hybridized carbons (Fsp3) is 1.00. The van der Waals surface area contributed by atoms with E-state index in [4.69, 9.17) is 4.74 Å². The summed E-state index contributed by atoms with van der Waals surface area (Å²) in [4.78, 5) is 0. The molecule has 0 amide bonds. The molecule has 2 atom stereocenters. The molecular formula is C10H17F2IO. The molecule has 0 N–H and O–H groups in total. The molecule has 1 aliphatic carbocycles. The van der Waals surface area contributed by atoms with E-state index in [0.29, 0.717) is 5.92 Å². The van der Waals surface area contributed by atoms with E-state index in [2.05, 4.69) is 29.5 Å². The Morgan fingerprint density at radius 1 is 1.57 bits per heavy atom. The molecule has 0 aromatic rings. The molecule has 0 heterocycles. The second-order valence-electron chi connectivity index (χ2n) is 4.22. The molecule has 1 fully saturated rings. The van der Waals surface area contributed by atoms with Crippen LogP contribution in [-0.2, 0) is 4.74 Å². The summed E-state index contributed by atoms with van der Waals surface area (Å²) in [7, 11) is 0. The highest BCUT2D eigenvalue weighted by molar-refractivity contribution is 14.1. The molecule has 0 aromatic heterocycles. The van der Waals surface area contributed by atoms with E-state index in [0.717, 1.165) is 23.7 Å². The Morgan fingerprint density at radius 3 is 2.79 bits per heavy atom. The van der Waals surface area contributed by atoms with Gasteiger partial charge in [-0.1, -0.05) is 42.4 Å². The fourth-order valence-corrected chi connectivity index (χ4v) is 3.06. The molecule has 1 aliphatic rings. The van der Waals surface area contributed by atoms with E-state index in [-0.39, 0.29) is 5.60 Å². The maximum atomic E-state index is 12.1. The summed E-state index contributed by atoms with van der Waals surface area (Å²) in [6.07, 6.45) is 1.84. The minimum Gasteiger partial charge on any atom is -0.368 e. The molecule has 4 heteroatoms. The Balaban J connectivity index is 2.47. The largest absolute Gasteiger partial charge is 0.368 e. The first-order valence-electron chi connectivity index (χ1n) is 5.06. The first-order chi connectivity index (χ1) is 6.58. The van der Waals surface area contributed by atoms with Crippen LogP contribution in [0.3, 0.4) is 0 Å². The van der Waals surface area contributed by atoms with Crippen molar-refractivity contribution in [1.82, 2.24) is 0 Å². The van der Waals surface area contributed by atoms with Gasteiger partial charge in [0.05, 0.1) is 5.60 Å². The summed E-state index contributed by atoms with van der Waals surface area (Å²) in [5, 5.41) is 0. The number of rotatable bonds is 4. The molecule has 1 nitrogen and oxygen atoms in total. The van der Waals surface area contributed by atoms with Gasteiger partial charge in [0, 0.05) is 4.43 Å². The number of halogens is 3. The van der Waals surface area contributed by atoms with Gasteiger partial charge in [-0.05, 0) is 18.8 Å². The molecule has 0 bridgehead atoms. The van der Waals surface area contributed by atoms with Crippen LogP contribution in [0, 0.1) is 5.92 Å². The minimum atomic E-state index is -2.34. The Kier molecular flexibility index (Phi) is 5.03. The zero-order chi connectivity index (χ0) is 10.6. The number of hydrogen-bond acceptors (Lipinski definition) is 1. The average molecular weight is 318 g/mol. The Hall–Kier alpha value is 0.550. The Labute approximate surface area is 97.7 Å². The van der Waals surface area contributed by atoms with Gasteiger partial charge in [0.15, 0.2) is 0 Å². The minimum absolute atomic E-state index is 0.269. The molecule has 1 rings (SSSR count). The molecule has 0 spiro atoms. The highest BCUT2D eigenvalue weighted by Crippen LogP contribution is 2.36. The molecular weight excluding hydrogens is 301 g/mol. The van der Waals surface area contributed by atoms with Gasteiger partial charge >= 0.3 is 0 Å². The van der Waals surface area contributed by atoms with Crippen molar-refractivity contribution >= 4 is 22.6 Å². The maximum Gasteiger partial charge on any atom is 0.261 e. The standard InChI is InChI=1S/C10H17F2IO/c1-8-3-2-4-10(5-8,7-13)14-6-9(11)12/h8-9H,2-7H2,1H3. The molecule has 0 saturated heterocycles. The van der Waals surface area contributed by atoms with Crippen molar-refractivity contribution in [3.8, 4) is 0 Å². The van der Waals surface area contributed by atoms with Crippen molar-refractivity contribution in [3.05, 3.63) is 0 Å². The summed E-state index contributed by atoms with van der Waals surface area (Å²) in [6, 6.07) is 0. The predicted molar refractivity (Wildman–Crippen MR) is 61.2 cm³/mol. The molecule has 2 unspecified atom stereocenters. The predicted octanol–water partition coefficient (Wildman–Crippen LogP) is 3.65. The third kappa shape index (κ3) is 3.61. The average Bonchev–Trinajstić information content (AvgIpc) is 2.15. The summed E-state index contributed by atoms with van der Waals surface area (Å²) >= 11 is 2.25. The van der Waals surface area contributed by atoms with E-state index in [1.165, 1.54) is 6.42 Å². The molecule has 1 saturated carbocycles. The van der Waals surface area contributed by atoms with Crippen molar-refractivity contribution in [2.75, 3.05) is 11.0 Å². The first-order valence-corrected chi connectivity index (χ1v) is 6.58. The molecule has 0 aliphatic heterocycles. The van der Waals surface area contributed by atoms with Crippen molar-refractivity contribution in [1.29, 1.82) is 0 Å². The maximum absolute atomic E-state index is 12.1. The van der Waals surface area contributed by atoms with Crippen molar-refractivity contribution in [3.63, 3.8) is 0 Å². The highest BCUT2D eigenvalue weighted by Gasteiger charge is 2.35. The summed E-state index contributed by atoms with van der Waals surface area (Å²) in [5.74, 6) is 0.608.